The van der Waals surface area contributed by atoms with Crippen molar-refractivity contribution >= 4 is 23.7 Å². The number of hydrogen-bond donors (Lipinski definition) is 1. The van der Waals surface area contributed by atoms with Crippen LogP contribution >= 0.6 is 0 Å². The molecule has 0 aliphatic carbocycles. The highest BCUT2D eigenvalue weighted by Crippen LogP contribution is 2.24. The second kappa shape index (κ2) is 9.23. The third kappa shape index (κ3) is 4.75. The Morgan fingerprint density at radius 1 is 1.30 bits per heavy atom. The number of nitrogens with two attached hydrogens (primary N) is 1. The maximum Gasteiger partial charge on any atom is 0.270 e. The second-order valence-corrected chi connectivity index (χ2v) is 5.45. The van der Waals surface area contributed by atoms with Crippen molar-refractivity contribution in [1.82, 2.24) is 15.2 Å². The van der Waals surface area contributed by atoms with Crippen LogP contribution in [0.3, 0.4) is 0 Å². The number of aromatic nitrogens is 3. The molecule has 0 fully saturated rings. The van der Waals surface area contributed by atoms with E-state index in [1.165, 1.54) is 0 Å². The SMILES string of the molecule is C=N/C(N)=C(\N=C(/C)c1ccncc1OC)c1nnc(/C(C)=C/C=C\C)o1. The Bertz CT molecular complexity index is 937. The summed E-state index contributed by atoms with van der Waals surface area (Å²) in [6.45, 7) is 9.05. The summed E-state index contributed by atoms with van der Waals surface area (Å²) >= 11 is 0. The first-order valence-electron chi connectivity index (χ1n) is 8.15. The van der Waals surface area contributed by atoms with Gasteiger partial charge >= 0.3 is 0 Å². The summed E-state index contributed by atoms with van der Waals surface area (Å²) in [4.78, 5) is 12.3. The molecule has 2 rings (SSSR count). The third-order valence-corrected chi connectivity index (χ3v) is 3.59. The van der Waals surface area contributed by atoms with Gasteiger partial charge < -0.3 is 14.9 Å². The van der Waals surface area contributed by atoms with Gasteiger partial charge in [0.15, 0.2) is 11.5 Å². The van der Waals surface area contributed by atoms with Crippen LogP contribution < -0.4 is 10.5 Å². The van der Waals surface area contributed by atoms with Crippen LogP contribution in [0.4, 0.5) is 0 Å². The molecule has 0 amide bonds. The molecule has 8 heteroatoms. The minimum absolute atomic E-state index is 0.0765. The molecule has 2 aromatic rings. The Morgan fingerprint density at radius 2 is 2.04 bits per heavy atom. The van der Waals surface area contributed by atoms with Crippen LogP contribution in [-0.2, 0) is 0 Å². The summed E-state index contributed by atoms with van der Waals surface area (Å²) < 4.78 is 11.0. The van der Waals surface area contributed by atoms with E-state index < -0.39 is 0 Å². The Morgan fingerprint density at radius 3 is 2.70 bits per heavy atom. The zero-order valence-corrected chi connectivity index (χ0v) is 15.8. The van der Waals surface area contributed by atoms with E-state index in [9.17, 15) is 0 Å². The molecular formula is C19H22N6O2. The average Bonchev–Trinajstić information content (AvgIpc) is 3.19. The normalized spacial score (nSPS) is 13.6. The van der Waals surface area contributed by atoms with E-state index in [-0.39, 0.29) is 17.4 Å². The largest absolute Gasteiger partial charge is 0.494 e. The zero-order chi connectivity index (χ0) is 19.8. The van der Waals surface area contributed by atoms with Gasteiger partial charge in [-0.15, -0.1) is 10.2 Å². The van der Waals surface area contributed by atoms with Crippen LogP contribution in [0.5, 0.6) is 5.75 Å². The molecule has 0 spiro atoms. The lowest BCUT2D eigenvalue weighted by molar-refractivity contribution is 0.412. The molecule has 2 N–H and O–H groups in total. The van der Waals surface area contributed by atoms with Crippen molar-refractivity contribution < 1.29 is 9.15 Å². The second-order valence-electron chi connectivity index (χ2n) is 5.45. The van der Waals surface area contributed by atoms with E-state index in [4.69, 9.17) is 14.9 Å². The van der Waals surface area contributed by atoms with Gasteiger partial charge in [-0.2, -0.15) is 0 Å². The predicted octanol–water partition coefficient (Wildman–Crippen LogP) is 3.25. The first-order chi connectivity index (χ1) is 13.0. The van der Waals surface area contributed by atoms with E-state index in [0.29, 0.717) is 17.4 Å². The van der Waals surface area contributed by atoms with E-state index in [2.05, 4.69) is 31.9 Å². The molecule has 0 atom stereocenters. The average molecular weight is 366 g/mol. The summed E-state index contributed by atoms with van der Waals surface area (Å²) in [5, 5.41) is 8.09. The van der Waals surface area contributed by atoms with Crippen molar-refractivity contribution in [2.45, 2.75) is 20.8 Å². The first kappa shape index (κ1) is 19.8. The minimum atomic E-state index is 0.0765. The van der Waals surface area contributed by atoms with Crippen molar-refractivity contribution in [3.8, 4) is 5.75 Å². The Kier molecular flexibility index (Phi) is 6.76. The predicted molar refractivity (Wildman–Crippen MR) is 106 cm³/mol. The van der Waals surface area contributed by atoms with Crippen LogP contribution in [-0.4, -0.2) is 34.7 Å². The highest BCUT2D eigenvalue weighted by Gasteiger charge is 2.17. The standard InChI is InChI=1S/C19H22N6O2/c1-6-7-8-12(2)18-24-25-19(27-18)16(17(20)21-4)23-13(3)14-9-10-22-11-15(14)26-5/h6-11H,4,20H2,1-3,5H3/b7-6-,12-8+,17-16-,23-13+. The Hall–Kier alpha value is -3.55. The monoisotopic (exact) mass is 366 g/mol. The molecule has 0 unspecified atom stereocenters. The van der Waals surface area contributed by atoms with Crippen LogP contribution in [0.15, 0.2) is 56.9 Å². The summed E-state index contributed by atoms with van der Waals surface area (Å²) in [6.07, 6.45) is 8.91. The smallest absolute Gasteiger partial charge is 0.270 e. The minimum Gasteiger partial charge on any atom is -0.494 e. The van der Waals surface area contributed by atoms with Crippen molar-refractivity contribution in [1.29, 1.82) is 0 Å². The van der Waals surface area contributed by atoms with Gasteiger partial charge in [0, 0.05) is 23.0 Å². The van der Waals surface area contributed by atoms with E-state index >= 15 is 0 Å². The summed E-state index contributed by atoms with van der Waals surface area (Å²) in [7, 11) is 1.56. The first-order valence-corrected chi connectivity index (χ1v) is 8.15. The highest BCUT2D eigenvalue weighted by molar-refractivity contribution is 6.03. The van der Waals surface area contributed by atoms with Gasteiger partial charge in [0.2, 0.25) is 5.89 Å². The van der Waals surface area contributed by atoms with Crippen LogP contribution in [0.1, 0.15) is 38.1 Å². The zero-order valence-electron chi connectivity index (χ0n) is 15.8. The number of pyridine rings is 1. The number of aliphatic imine (C=N–C) groups is 2. The number of allylic oxidation sites excluding steroid dienone is 4. The van der Waals surface area contributed by atoms with Crippen molar-refractivity contribution in [3.05, 3.63) is 59.9 Å². The molecule has 2 heterocycles. The van der Waals surface area contributed by atoms with Crippen LogP contribution in [0.2, 0.25) is 0 Å². The van der Waals surface area contributed by atoms with Gasteiger partial charge in [0.05, 0.1) is 13.3 Å². The van der Waals surface area contributed by atoms with Crippen LogP contribution in [0.25, 0.3) is 11.3 Å². The van der Waals surface area contributed by atoms with Gasteiger partial charge in [-0.05, 0) is 33.6 Å². The van der Waals surface area contributed by atoms with Gasteiger partial charge in [-0.25, -0.2) is 9.98 Å². The van der Waals surface area contributed by atoms with Gasteiger partial charge in [0.25, 0.3) is 5.89 Å². The van der Waals surface area contributed by atoms with E-state index in [0.717, 1.165) is 11.1 Å². The lowest BCUT2D eigenvalue weighted by atomic mass is 10.1. The van der Waals surface area contributed by atoms with Gasteiger partial charge in [-0.1, -0.05) is 18.2 Å². The number of methoxy groups -OCH3 is 1. The fourth-order valence-electron chi connectivity index (χ4n) is 2.15. The lowest BCUT2D eigenvalue weighted by Crippen LogP contribution is -2.04. The molecule has 0 saturated heterocycles. The van der Waals surface area contributed by atoms with E-state index in [1.54, 1.807) is 25.6 Å². The number of ether oxygens (including phenoxy) is 1. The summed E-state index contributed by atoms with van der Waals surface area (Å²) in [5.41, 5.74) is 8.38. The number of hydrogen-bond acceptors (Lipinski definition) is 8. The molecule has 0 radical (unpaired) electrons. The Labute approximate surface area is 157 Å². The molecule has 27 heavy (non-hydrogen) atoms. The lowest BCUT2D eigenvalue weighted by Gasteiger charge is -2.08. The topological polar surface area (TPSA) is 112 Å². The molecule has 2 aromatic heterocycles. The molecule has 0 bridgehead atoms. The summed E-state index contributed by atoms with van der Waals surface area (Å²) in [6, 6.07) is 1.79. The fourth-order valence-corrected chi connectivity index (χ4v) is 2.15. The fraction of sp³-hybridized carbons (Fsp3) is 0.211. The maximum absolute atomic E-state index is 5.96. The van der Waals surface area contributed by atoms with Crippen molar-refractivity contribution in [2.24, 2.45) is 15.7 Å². The molecule has 0 saturated carbocycles. The van der Waals surface area contributed by atoms with Crippen molar-refractivity contribution in [3.63, 3.8) is 0 Å². The van der Waals surface area contributed by atoms with Gasteiger partial charge in [-0.3, -0.25) is 4.98 Å². The third-order valence-electron chi connectivity index (χ3n) is 3.59. The van der Waals surface area contributed by atoms with E-state index in [1.807, 2.05) is 39.0 Å². The molecule has 0 aliphatic heterocycles. The number of nitrogens with zero attached hydrogens (tertiary/aromatic N) is 5. The number of rotatable bonds is 7. The van der Waals surface area contributed by atoms with Gasteiger partial charge in [0.1, 0.15) is 5.75 Å². The highest BCUT2D eigenvalue weighted by atomic mass is 16.5. The Balaban J connectivity index is 2.49. The van der Waals surface area contributed by atoms with Crippen LogP contribution in [0, 0.1) is 0 Å². The maximum atomic E-state index is 5.96. The molecule has 0 aromatic carbocycles. The molecule has 0 aliphatic rings. The molecular weight excluding hydrogens is 344 g/mol. The quantitative estimate of drug-likeness (QED) is 0.594. The molecule has 140 valence electrons. The molecule has 8 nitrogen and oxygen atoms in total. The summed E-state index contributed by atoms with van der Waals surface area (Å²) in [5.74, 6) is 1.18. The van der Waals surface area contributed by atoms with Crippen molar-refractivity contribution in [2.75, 3.05) is 7.11 Å².